The van der Waals surface area contributed by atoms with E-state index < -0.39 is 23.4 Å². The van der Waals surface area contributed by atoms with Gasteiger partial charge in [0.25, 0.3) is 5.91 Å². The van der Waals surface area contributed by atoms with Crippen molar-refractivity contribution in [2.45, 2.75) is 31.7 Å². The number of nitrogens with zero attached hydrogens (tertiary/aromatic N) is 1. The van der Waals surface area contributed by atoms with Gasteiger partial charge in [-0.3, -0.25) is 14.5 Å². The van der Waals surface area contributed by atoms with Crippen LogP contribution in [0.25, 0.3) is 0 Å². The first-order valence-corrected chi connectivity index (χ1v) is 9.61. The number of rotatable bonds is 5. The quantitative estimate of drug-likeness (QED) is 0.765. The van der Waals surface area contributed by atoms with E-state index in [9.17, 15) is 14.4 Å². The van der Waals surface area contributed by atoms with E-state index in [4.69, 9.17) is 4.74 Å². The largest absolute Gasteiger partial charge is 0.497 e. The molecule has 4 amide bonds. The highest BCUT2D eigenvalue weighted by Crippen LogP contribution is 2.30. The highest BCUT2D eigenvalue weighted by molar-refractivity contribution is 6.10. The lowest BCUT2D eigenvalue weighted by Crippen LogP contribution is -2.42. The molecule has 1 aliphatic heterocycles. The Balaban J connectivity index is 1.46. The summed E-state index contributed by atoms with van der Waals surface area (Å²) in [4.78, 5) is 38.8. The smallest absolute Gasteiger partial charge is 0.325 e. The van der Waals surface area contributed by atoms with Gasteiger partial charge in [0, 0.05) is 5.69 Å². The number of carbonyl (C=O) groups excluding carboxylic acids is 3. The molecule has 29 heavy (non-hydrogen) atoms. The van der Waals surface area contributed by atoms with Gasteiger partial charge >= 0.3 is 6.03 Å². The minimum atomic E-state index is -1.22. The van der Waals surface area contributed by atoms with Gasteiger partial charge in [-0.1, -0.05) is 18.2 Å². The van der Waals surface area contributed by atoms with Crippen LogP contribution in [0.4, 0.5) is 10.5 Å². The second kappa shape index (κ2) is 7.24. The van der Waals surface area contributed by atoms with Crippen LogP contribution in [0.3, 0.4) is 0 Å². The molecule has 7 heteroatoms. The number of hydrogen-bond donors (Lipinski definition) is 2. The van der Waals surface area contributed by atoms with E-state index in [-0.39, 0.29) is 6.54 Å². The number of hydrogen-bond acceptors (Lipinski definition) is 4. The number of anilines is 1. The molecule has 0 spiro atoms. The van der Waals surface area contributed by atoms with Crippen LogP contribution in [0.1, 0.15) is 30.0 Å². The maximum absolute atomic E-state index is 13.0. The maximum Gasteiger partial charge on any atom is 0.325 e. The third-order valence-electron chi connectivity index (χ3n) is 5.63. The predicted molar refractivity (Wildman–Crippen MR) is 108 cm³/mol. The van der Waals surface area contributed by atoms with Gasteiger partial charge in [0.15, 0.2) is 0 Å². The molecular weight excluding hydrogens is 370 g/mol. The third kappa shape index (κ3) is 3.44. The minimum absolute atomic E-state index is 0.340. The predicted octanol–water partition coefficient (Wildman–Crippen LogP) is 2.59. The summed E-state index contributed by atoms with van der Waals surface area (Å²) in [5.41, 5.74) is 2.63. The van der Waals surface area contributed by atoms with Crippen molar-refractivity contribution in [3.05, 3.63) is 59.2 Å². The molecular formula is C22H23N3O4. The zero-order valence-electron chi connectivity index (χ0n) is 16.5. The van der Waals surface area contributed by atoms with Gasteiger partial charge in [0.05, 0.1) is 7.11 Å². The number of methoxy groups -OCH3 is 1. The van der Waals surface area contributed by atoms with Gasteiger partial charge in [-0.25, -0.2) is 4.79 Å². The molecule has 0 bridgehead atoms. The van der Waals surface area contributed by atoms with Crippen LogP contribution in [-0.4, -0.2) is 36.4 Å². The second-order valence-electron chi connectivity index (χ2n) is 7.56. The summed E-state index contributed by atoms with van der Waals surface area (Å²) in [5.74, 6) is -0.220. The zero-order valence-corrected chi connectivity index (χ0v) is 16.5. The van der Waals surface area contributed by atoms with Crippen molar-refractivity contribution in [2.75, 3.05) is 19.0 Å². The molecule has 150 valence electrons. The summed E-state index contributed by atoms with van der Waals surface area (Å²) >= 11 is 0. The van der Waals surface area contributed by atoms with E-state index in [0.717, 1.165) is 24.2 Å². The standard InChI is InChI=1S/C22H23N3O4/c1-22(16-7-10-18(29-2)11-8-16)20(27)25(21(28)24-22)13-19(26)23-17-9-6-14-4-3-5-15(14)12-17/h6-12H,3-5,13H2,1-2H3,(H,23,26)(H,24,28)/t22-/m0/s1. The van der Waals surface area contributed by atoms with Gasteiger partial charge in [-0.2, -0.15) is 0 Å². The topological polar surface area (TPSA) is 87.7 Å². The van der Waals surface area contributed by atoms with Gasteiger partial charge in [-0.05, 0) is 67.1 Å². The first-order chi connectivity index (χ1) is 13.9. The van der Waals surface area contributed by atoms with Crippen molar-refractivity contribution in [3.63, 3.8) is 0 Å². The summed E-state index contributed by atoms with van der Waals surface area (Å²) < 4.78 is 5.14. The van der Waals surface area contributed by atoms with Crippen molar-refractivity contribution in [1.82, 2.24) is 10.2 Å². The first-order valence-electron chi connectivity index (χ1n) is 9.61. The fourth-order valence-electron chi connectivity index (χ4n) is 3.95. The number of fused-ring (bicyclic) bond motifs is 1. The van der Waals surface area contributed by atoms with Crippen LogP contribution in [-0.2, 0) is 28.0 Å². The summed E-state index contributed by atoms with van der Waals surface area (Å²) in [6.07, 6.45) is 3.20. The Morgan fingerprint density at radius 3 is 2.59 bits per heavy atom. The number of nitrogens with one attached hydrogen (secondary N) is 2. The van der Waals surface area contributed by atoms with Crippen LogP contribution < -0.4 is 15.4 Å². The van der Waals surface area contributed by atoms with Crippen LogP contribution in [0.2, 0.25) is 0 Å². The maximum atomic E-state index is 13.0. The molecule has 1 fully saturated rings. The molecule has 0 unspecified atom stereocenters. The number of imide groups is 1. The number of carbonyl (C=O) groups is 3. The molecule has 4 rings (SSSR count). The van der Waals surface area contributed by atoms with Crippen molar-refractivity contribution >= 4 is 23.5 Å². The molecule has 1 atom stereocenters. The summed E-state index contributed by atoms with van der Waals surface area (Å²) in [6.45, 7) is 1.29. The molecule has 2 N–H and O–H groups in total. The fourth-order valence-corrected chi connectivity index (χ4v) is 3.95. The second-order valence-corrected chi connectivity index (χ2v) is 7.56. The Hall–Kier alpha value is -3.35. The normalized spacial score (nSPS) is 20.4. The Labute approximate surface area is 169 Å². The Morgan fingerprint density at radius 2 is 1.86 bits per heavy atom. The van der Waals surface area contributed by atoms with Crippen molar-refractivity contribution < 1.29 is 19.1 Å². The van der Waals surface area contributed by atoms with Gasteiger partial charge in [0.2, 0.25) is 5.91 Å². The Kier molecular flexibility index (Phi) is 4.74. The van der Waals surface area contributed by atoms with Gasteiger partial charge in [0.1, 0.15) is 17.8 Å². The fraction of sp³-hybridized carbons (Fsp3) is 0.318. The summed E-state index contributed by atoms with van der Waals surface area (Å²) in [5, 5.41) is 5.50. The molecule has 1 saturated heterocycles. The number of benzene rings is 2. The molecule has 1 aliphatic carbocycles. The lowest BCUT2D eigenvalue weighted by Gasteiger charge is -2.22. The zero-order chi connectivity index (χ0) is 20.6. The van der Waals surface area contributed by atoms with E-state index >= 15 is 0 Å². The van der Waals surface area contributed by atoms with Crippen molar-refractivity contribution in [1.29, 1.82) is 0 Å². The van der Waals surface area contributed by atoms with Crippen LogP contribution in [0.15, 0.2) is 42.5 Å². The highest BCUT2D eigenvalue weighted by Gasteiger charge is 2.49. The number of ether oxygens (including phenoxy) is 1. The number of aryl methyl sites for hydroxylation is 2. The Bertz CT molecular complexity index is 986. The average Bonchev–Trinajstić information content (AvgIpc) is 3.26. The monoisotopic (exact) mass is 393 g/mol. The average molecular weight is 393 g/mol. The summed E-state index contributed by atoms with van der Waals surface area (Å²) in [6, 6.07) is 12.2. The molecule has 2 aromatic rings. The highest BCUT2D eigenvalue weighted by atomic mass is 16.5. The molecule has 0 radical (unpaired) electrons. The summed E-state index contributed by atoms with van der Waals surface area (Å²) in [7, 11) is 1.56. The van der Waals surface area contributed by atoms with Crippen molar-refractivity contribution in [2.24, 2.45) is 0 Å². The third-order valence-corrected chi connectivity index (χ3v) is 5.63. The lowest BCUT2D eigenvalue weighted by molar-refractivity contribution is -0.133. The Morgan fingerprint density at radius 1 is 1.14 bits per heavy atom. The van der Waals surface area contributed by atoms with Gasteiger partial charge in [-0.15, -0.1) is 0 Å². The molecule has 0 saturated carbocycles. The number of amides is 4. The van der Waals surface area contributed by atoms with E-state index in [1.807, 2.05) is 18.2 Å². The number of urea groups is 1. The van der Waals surface area contributed by atoms with Gasteiger partial charge < -0.3 is 15.4 Å². The SMILES string of the molecule is COc1ccc([C@]2(C)NC(=O)N(CC(=O)Nc3ccc4c(c3)CCC4)C2=O)cc1. The molecule has 2 aromatic carbocycles. The van der Waals surface area contributed by atoms with E-state index in [2.05, 4.69) is 10.6 Å². The van der Waals surface area contributed by atoms with Crippen LogP contribution in [0.5, 0.6) is 5.75 Å². The molecule has 7 nitrogen and oxygen atoms in total. The molecule has 1 heterocycles. The minimum Gasteiger partial charge on any atom is -0.497 e. The van der Waals surface area contributed by atoms with Crippen LogP contribution in [0, 0.1) is 0 Å². The molecule has 0 aromatic heterocycles. The van der Waals surface area contributed by atoms with Crippen molar-refractivity contribution in [3.8, 4) is 5.75 Å². The lowest BCUT2D eigenvalue weighted by atomic mass is 9.92. The van der Waals surface area contributed by atoms with E-state index in [1.165, 1.54) is 11.1 Å². The van der Waals surface area contributed by atoms with E-state index in [1.54, 1.807) is 38.3 Å². The van der Waals surface area contributed by atoms with Crippen LogP contribution >= 0.6 is 0 Å². The first kappa shape index (κ1) is 19.0. The van der Waals surface area contributed by atoms with E-state index in [0.29, 0.717) is 17.0 Å². The molecule has 2 aliphatic rings.